The molecule has 0 saturated carbocycles. The Kier molecular flexibility index (Phi) is 6.32. The molecule has 9 heteroatoms. The smallest absolute Gasteiger partial charge is 0.264 e. The van der Waals surface area contributed by atoms with Crippen molar-refractivity contribution in [3.05, 3.63) is 70.7 Å². The van der Waals surface area contributed by atoms with Gasteiger partial charge < -0.3 is 0 Å². The Bertz CT molecular complexity index is 1210. The first kappa shape index (κ1) is 22.4. The third-order valence-corrected chi connectivity index (χ3v) is 8.40. The van der Waals surface area contributed by atoms with Gasteiger partial charge in [-0.15, -0.1) is 11.3 Å². The van der Waals surface area contributed by atoms with Crippen LogP contribution in [0.25, 0.3) is 0 Å². The van der Waals surface area contributed by atoms with Gasteiger partial charge in [0.05, 0.1) is 16.3 Å². The molecular formula is C23H26N4O3S2. The molecule has 0 atom stereocenters. The monoisotopic (exact) mass is 470 g/mol. The number of sulfonamides is 1. The largest absolute Gasteiger partial charge is 0.298 e. The molecule has 0 bridgehead atoms. The van der Waals surface area contributed by atoms with Gasteiger partial charge in [-0.05, 0) is 50.2 Å². The van der Waals surface area contributed by atoms with Crippen LogP contribution >= 0.6 is 11.3 Å². The lowest BCUT2D eigenvalue weighted by Gasteiger charge is -2.29. The van der Waals surface area contributed by atoms with Crippen LogP contribution in [0, 0.1) is 0 Å². The zero-order valence-electron chi connectivity index (χ0n) is 18.3. The fourth-order valence-corrected chi connectivity index (χ4v) is 5.82. The first-order valence-electron chi connectivity index (χ1n) is 10.4. The molecule has 1 N–H and O–H groups in total. The summed E-state index contributed by atoms with van der Waals surface area (Å²) in [7, 11) is -2.21. The van der Waals surface area contributed by atoms with E-state index in [2.05, 4.69) is 29.0 Å². The van der Waals surface area contributed by atoms with Crippen LogP contribution < -0.4 is 9.62 Å². The highest BCUT2D eigenvalue weighted by Gasteiger charge is 2.24. The molecule has 0 saturated heterocycles. The fraction of sp³-hybridized carbons (Fsp3) is 0.304. The Hall–Kier alpha value is -2.75. The van der Waals surface area contributed by atoms with Gasteiger partial charge in [0, 0.05) is 43.0 Å². The number of benzene rings is 2. The van der Waals surface area contributed by atoms with E-state index in [4.69, 9.17) is 0 Å². The summed E-state index contributed by atoms with van der Waals surface area (Å²) in [5, 5.41) is 3.43. The maximum absolute atomic E-state index is 12.9. The lowest BCUT2D eigenvalue weighted by atomic mass is 10.1. The molecule has 0 aliphatic carbocycles. The zero-order valence-corrected chi connectivity index (χ0v) is 19.9. The van der Waals surface area contributed by atoms with Crippen molar-refractivity contribution in [3.8, 4) is 0 Å². The van der Waals surface area contributed by atoms with E-state index in [0.717, 1.165) is 25.2 Å². The van der Waals surface area contributed by atoms with E-state index < -0.39 is 10.0 Å². The first-order chi connectivity index (χ1) is 15.3. The average Bonchev–Trinajstić information content (AvgIpc) is 3.20. The molecule has 2 heterocycles. The summed E-state index contributed by atoms with van der Waals surface area (Å²) < 4.78 is 27.0. The van der Waals surface area contributed by atoms with Crippen molar-refractivity contribution in [2.24, 2.45) is 0 Å². The maximum atomic E-state index is 12.9. The predicted molar refractivity (Wildman–Crippen MR) is 128 cm³/mol. The van der Waals surface area contributed by atoms with Gasteiger partial charge >= 0.3 is 0 Å². The SMILES string of the molecule is CC(C)N1CCc2nc(NC(=O)c3ccc(S(=O)(=O)N(C)c4ccccc4)cc3)sc2C1. The number of aromatic nitrogens is 1. The predicted octanol–water partition coefficient (Wildman–Crippen LogP) is 3.99. The third kappa shape index (κ3) is 4.55. The summed E-state index contributed by atoms with van der Waals surface area (Å²) in [5.41, 5.74) is 1.99. The van der Waals surface area contributed by atoms with Gasteiger partial charge in [0.1, 0.15) is 0 Å². The molecule has 168 valence electrons. The Morgan fingerprint density at radius 2 is 1.81 bits per heavy atom. The Morgan fingerprint density at radius 1 is 1.12 bits per heavy atom. The van der Waals surface area contributed by atoms with Gasteiger partial charge in [-0.3, -0.25) is 19.3 Å². The normalized spacial score (nSPS) is 14.2. The van der Waals surface area contributed by atoms with Crippen molar-refractivity contribution in [1.82, 2.24) is 9.88 Å². The van der Waals surface area contributed by atoms with Crippen LogP contribution in [0.4, 0.5) is 10.8 Å². The Labute approximate surface area is 192 Å². The summed E-state index contributed by atoms with van der Waals surface area (Å²) in [4.78, 5) is 21.0. The summed E-state index contributed by atoms with van der Waals surface area (Å²) in [5.74, 6) is -0.308. The molecular weight excluding hydrogens is 444 g/mol. The van der Waals surface area contributed by atoms with Crippen LogP contribution in [0.3, 0.4) is 0 Å². The minimum Gasteiger partial charge on any atom is -0.298 e. The van der Waals surface area contributed by atoms with Crippen LogP contribution in [-0.4, -0.2) is 43.8 Å². The maximum Gasteiger partial charge on any atom is 0.264 e. The third-order valence-electron chi connectivity index (χ3n) is 5.61. The molecule has 4 rings (SSSR count). The van der Waals surface area contributed by atoms with Crippen LogP contribution in [0.5, 0.6) is 0 Å². The second-order valence-corrected chi connectivity index (χ2v) is 11.0. The topological polar surface area (TPSA) is 82.6 Å². The molecule has 0 radical (unpaired) electrons. The summed E-state index contributed by atoms with van der Waals surface area (Å²) in [6.45, 7) is 6.17. The first-order valence-corrected chi connectivity index (χ1v) is 12.7. The van der Waals surface area contributed by atoms with Crippen molar-refractivity contribution in [1.29, 1.82) is 0 Å². The van der Waals surface area contributed by atoms with Crippen molar-refractivity contribution in [2.75, 3.05) is 23.2 Å². The summed E-state index contributed by atoms with van der Waals surface area (Å²) in [6.07, 6.45) is 0.876. The minimum atomic E-state index is -3.72. The average molecular weight is 471 g/mol. The number of amides is 1. The number of fused-ring (bicyclic) bond motifs is 1. The highest BCUT2D eigenvalue weighted by atomic mass is 32.2. The molecule has 0 fully saturated rings. The van der Waals surface area contributed by atoms with E-state index in [-0.39, 0.29) is 10.8 Å². The molecule has 1 aliphatic rings. The lowest BCUT2D eigenvalue weighted by Crippen LogP contribution is -2.35. The summed E-state index contributed by atoms with van der Waals surface area (Å²) in [6, 6.07) is 15.3. The van der Waals surface area contributed by atoms with Gasteiger partial charge in [-0.2, -0.15) is 0 Å². The molecule has 3 aromatic rings. The van der Waals surface area contributed by atoms with E-state index in [1.807, 2.05) is 6.07 Å². The van der Waals surface area contributed by atoms with E-state index in [1.54, 1.807) is 24.3 Å². The van der Waals surface area contributed by atoms with E-state index in [0.29, 0.717) is 22.4 Å². The zero-order chi connectivity index (χ0) is 22.9. The highest BCUT2D eigenvalue weighted by molar-refractivity contribution is 7.92. The van der Waals surface area contributed by atoms with Crippen LogP contribution in [0.2, 0.25) is 0 Å². The number of rotatable bonds is 6. The van der Waals surface area contributed by atoms with E-state index in [1.165, 1.54) is 51.8 Å². The van der Waals surface area contributed by atoms with Gasteiger partial charge in [0.25, 0.3) is 15.9 Å². The van der Waals surface area contributed by atoms with Crippen LogP contribution in [0.1, 0.15) is 34.8 Å². The second kappa shape index (κ2) is 9.01. The lowest BCUT2D eigenvalue weighted by molar-refractivity contribution is 0.102. The molecule has 0 spiro atoms. The number of para-hydroxylation sites is 1. The number of nitrogens with zero attached hydrogens (tertiary/aromatic N) is 3. The molecule has 32 heavy (non-hydrogen) atoms. The van der Waals surface area contributed by atoms with Crippen molar-refractivity contribution >= 4 is 38.1 Å². The van der Waals surface area contributed by atoms with Gasteiger partial charge in [0.15, 0.2) is 5.13 Å². The van der Waals surface area contributed by atoms with Crippen molar-refractivity contribution < 1.29 is 13.2 Å². The second-order valence-electron chi connectivity index (χ2n) is 7.99. The number of hydrogen-bond donors (Lipinski definition) is 1. The van der Waals surface area contributed by atoms with E-state index in [9.17, 15) is 13.2 Å². The molecule has 7 nitrogen and oxygen atoms in total. The number of thiazole rings is 1. The van der Waals surface area contributed by atoms with Crippen LogP contribution in [0.15, 0.2) is 59.5 Å². The van der Waals surface area contributed by atoms with Crippen molar-refractivity contribution in [3.63, 3.8) is 0 Å². The number of carbonyl (C=O) groups excluding carboxylic acids is 1. The van der Waals surface area contributed by atoms with Crippen molar-refractivity contribution in [2.45, 2.75) is 37.8 Å². The molecule has 1 aliphatic heterocycles. The van der Waals surface area contributed by atoms with Gasteiger partial charge in [-0.25, -0.2) is 13.4 Å². The number of hydrogen-bond acceptors (Lipinski definition) is 6. The number of nitrogens with one attached hydrogen (secondary N) is 1. The molecule has 1 amide bonds. The van der Waals surface area contributed by atoms with Gasteiger partial charge in [0.2, 0.25) is 0 Å². The van der Waals surface area contributed by atoms with E-state index >= 15 is 0 Å². The quantitative estimate of drug-likeness (QED) is 0.589. The number of anilines is 2. The minimum absolute atomic E-state index is 0.124. The molecule has 2 aromatic carbocycles. The van der Waals surface area contributed by atoms with Gasteiger partial charge in [-0.1, -0.05) is 18.2 Å². The molecule has 0 unspecified atom stereocenters. The highest BCUT2D eigenvalue weighted by Crippen LogP contribution is 2.29. The Balaban J connectivity index is 1.46. The fourth-order valence-electron chi connectivity index (χ4n) is 3.59. The Morgan fingerprint density at radius 3 is 2.47 bits per heavy atom. The standard InChI is InChI=1S/C23H26N4O3S2/c1-16(2)27-14-13-20-21(15-27)31-23(24-20)25-22(28)17-9-11-19(12-10-17)32(29,30)26(3)18-7-5-4-6-8-18/h4-12,16H,13-15H2,1-3H3,(H,24,25,28). The summed E-state index contributed by atoms with van der Waals surface area (Å²) >= 11 is 1.50. The molecule has 1 aromatic heterocycles. The van der Waals surface area contributed by atoms with Crippen LogP contribution in [-0.2, 0) is 23.0 Å². The number of carbonyl (C=O) groups is 1.